The molecule has 0 saturated carbocycles. The van der Waals surface area contributed by atoms with E-state index in [-0.39, 0.29) is 0 Å². The summed E-state index contributed by atoms with van der Waals surface area (Å²) >= 11 is 5.38. The van der Waals surface area contributed by atoms with Crippen molar-refractivity contribution in [3.63, 3.8) is 0 Å². The zero-order valence-corrected chi connectivity index (χ0v) is 14.1. The third kappa shape index (κ3) is 4.07. The van der Waals surface area contributed by atoms with Crippen LogP contribution >= 0.6 is 12.2 Å². The van der Waals surface area contributed by atoms with E-state index < -0.39 is 0 Å². The van der Waals surface area contributed by atoms with Gasteiger partial charge in [0.2, 0.25) is 0 Å². The van der Waals surface area contributed by atoms with Gasteiger partial charge in [-0.1, -0.05) is 32.1 Å². The third-order valence-corrected chi connectivity index (χ3v) is 3.83. The Balaban J connectivity index is 3.06. The molecule has 0 aromatic heterocycles. The molecule has 0 spiro atoms. The first-order chi connectivity index (χ1) is 9.40. The van der Waals surface area contributed by atoms with E-state index in [0.29, 0.717) is 11.7 Å². The maximum absolute atomic E-state index is 5.38. The fourth-order valence-electron chi connectivity index (χ4n) is 2.33. The first-order valence-electron chi connectivity index (χ1n) is 7.21. The van der Waals surface area contributed by atoms with Crippen LogP contribution in [0.5, 0.6) is 0 Å². The van der Waals surface area contributed by atoms with Crippen LogP contribution in [-0.4, -0.2) is 11.7 Å². The highest BCUT2D eigenvalue weighted by Crippen LogP contribution is 2.28. The van der Waals surface area contributed by atoms with Gasteiger partial charge in [-0.3, -0.25) is 0 Å². The van der Waals surface area contributed by atoms with E-state index in [9.17, 15) is 0 Å². The molecule has 110 valence electrons. The second-order valence-corrected chi connectivity index (χ2v) is 5.71. The van der Waals surface area contributed by atoms with E-state index >= 15 is 0 Å². The fourth-order valence-corrected chi connectivity index (χ4v) is 2.50. The monoisotopic (exact) mass is 290 g/mol. The molecular formula is C17H26N2S. The zero-order valence-electron chi connectivity index (χ0n) is 13.3. The summed E-state index contributed by atoms with van der Waals surface area (Å²) in [4.78, 5) is 0. The van der Waals surface area contributed by atoms with Gasteiger partial charge in [-0.15, -0.1) is 0 Å². The molecule has 3 heteroatoms. The summed E-state index contributed by atoms with van der Waals surface area (Å²) in [6.45, 7) is 15.3. The second kappa shape index (κ2) is 7.44. The Morgan fingerprint density at radius 1 is 1.25 bits per heavy atom. The molecule has 0 aliphatic rings. The van der Waals surface area contributed by atoms with Gasteiger partial charge in [-0.05, 0) is 68.1 Å². The summed E-state index contributed by atoms with van der Waals surface area (Å²) in [7, 11) is 0. The highest BCUT2D eigenvalue weighted by Gasteiger charge is 2.12. The van der Waals surface area contributed by atoms with Gasteiger partial charge in [0.15, 0.2) is 5.11 Å². The Hall–Kier alpha value is -1.35. The smallest absolute Gasteiger partial charge is 0.171 e. The molecule has 1 rings (SSSR count). The number of benzene rings is 1. The molecule has 0 radical (unpaired) electrons. The number of thiocarbonyl (C=S) groups is 1. The molecule has 0 aliphatic heterocycles. The Morgan fingerprint density at radius 2 is 1.90 bits per heavy atom. The quantitative estimate of drug-likeness (QED) is 0.625. The molecule has 0 atom stereocenters. The van der Waals surface area contributed by atoms with E-state index in [4.69, 9.17) is 12.2 Å². The van der Waals surface area contributed by atoms with Crippen LogP contribution in [0.3, 0.4) is 0 Å². The molecule has 1 aromatic carbocycles. The van der Waals surface area contributed by atoms with Crippen LogP contribution in [0.4, 0.5) is 5.69 Å². The predicted octanol–water partition coefficient (Wildman–Crippen LogP) is 4.29. The van der Waals surface area contributed by atoms with Crippen LogP contribution in [0.2, 0.25) is 0 Å². The summed E-state index contributed by atoms with van der Waals surface area (Å²) in [6.07, 6.45) is 2.01. The Morgan fingerprint density at radius 3 is 2.40 bits per heavy atom. The highest BCUT2D eigenvalue weighted by molar-refractivity contribution is 7.80. The summed E-state index contributed by atoms with van der Waals surface area (Å²) in [5.74, 6) is 0. The minimum absolute atomic E-state index is 0.667. The van der Waals surface area contributed by atoms with E-state index in [0.717, 1.165) is 18.4 Å². The number of rotatable bonds is 5. The van der Waals surface area contributed by atoms with Gasteiger partial charge in [0, 0.05) is 12.2 Å². The summed E-state index contributed by atoms with van der Waals surface area (Å²) in [5, 5.41) is 7.24. The molecule has 20 heavy (non-hydrogen) atoms. The largest absolute Gasteiger partial charge is 0.359 e. The molecule has 0 amide bonds. The van der Waals surface area contributed by atoms with Gasteiger partial charge in [0.05, 0.1) is 0 Å². The molecule has 2 N–H and O–H groups in total. The molecular weight excluding hydrogens is 264 g/mol. The summed E-state index contributed by atoms with van der Waals surface area (Å²) in [6, 6.07) is 2.26. The van der Waals surface area contributed by atoms with Crippen molar-refractivity contribution < 1.29 is 0 Å². The first-order valence-corrected chi connectivity index (χ1v) is 7.62. The van der Waals surface area contributed by atoms with Gasteiger partial charge in [-0.25, -0.2) is 0 Å². The Labute approximate surface area is 128 Å². The topological polar surface area (TPSA) is 24.1 Å². The fraction of sp³-hybridized carbons (Fsp3) is 0.471. The van der Waals surface area contributed by atoms with Gasteiger partial charge in [0.1, 0.15) is 0 Å². The molecule has 1 aromatic rings. The number of hydrogen-bond donors (Lipinski definition) is 2. The van der Waals surface area contributed by atoms with Crippen LogP contribution in [0.15, 0.2) is 18.2 Å². The van der Waals surface area contributed by atoms with Crippen LogP contribution in [0.25, 0.3) is 0 Å². The SMILES string of the molecule is C=C(C)CNC(=S)Nc1c(CC)cc(C)c(C)c1CC. The van der Waals surface area contributed by atoms with Crippen molar-refractivity contribution in [2.24, 2.45) is 0 Å². The third-order valence-electron chi connectivity index (χ3n) is 3.58. The average molecular weight is 290 g/mol. The van der Waals surface area contributed by atoms with Crippen LogP contribution in [0.1, 0.15) is 43.0 Å². The molecule has 0 bridgehead atoms. The van der Waals surface area contributed by atoms with Crippen molar-refractivity contribution in [2.45, 2.75) is 47.5 Å². The first kappa shape index (κ1) is 16.7. The molecule has 0 saturated heterocycles. The maximum Gasteiger partial charge on any atom is 0.171 e. The molecule has 0 unspecified atom stereocenters. The zero-order chi connectivity index (χ0) is 15.3. The number of anilines is 1. The van der Waals surface area contributed by atoms with Gasteiger partial charge in [-0.2, -0.15) is 0 Å². The molecule has 2 nitrogen and oxygen atoms in total. The Bertz CT molecular complexity index is 518. The van der Waals surface area contributed by atoms with Crippen molar-refractivity contribution in [1.29, 1.82) is 0 Å². The van der Waals surface area contributed by atoms with E-state index in [2.05, 4.69) is 51.0 Å². The molecule has 0 heterocycles. The number of aryl methyl sites for hydroxylation is 2. The predicted molar refractivity (Wildman–Crippen MR) is 93.7 cm³/mol. The van der Waals surface area contributed by atoms with Crippen molar-refractivity contribution in [3.8, 4) is 0 Å². The van der Waals surface area contributed by atoms with Gasteiger partial charge < -0.3 is 10.6 Å². The molecule has 0 fully saturated rings. The van der Waals surface area contributed by atoms with E-state index in [1.807, 2.05) is 6.92 Å². The van der Waals surface area contributed by atoms with E-state index in [1.165, 1.54) is 27.9 Å². The van der Waals surface area contributed by atoms with Crippen LogP contribution in [-0.2, 0) is 12.8 Å². The van der Waals surface area contributed by atoms with Crippen molar-refractivity contribution in [2.75, 3.05) is 11.9 Å². The van der Waals surface area contributed by atoms with Gasteiger partial charge >= 0.3 is 0 Å². The maximum atomic E-state index is 5.38. The minimum Gasteiger partial charge on any atom is -0.359 e. The standard InChI is InChI=1S/C17H26N2S/c1-7-14-9-12(5)13(6)15(8-2)16(14)19-17(20)18-10-11(3)4/h9H,3,7-8,10H2,1-2,4-6H3,(H2,18,19,20). The van der Waals surface area contributed by atoms with Crippen LogP contribution in [0, 0.1) is 13.8 Å². The number of nitrogens with one attached hydrogen (secondary N) is 2. The normalized spacial score (nSPS) is 10.2. The highest BCUT2D eigenvalue weighted by atomic mass is 32.1. The molecule has 0 aliphatic carbocycles. The summed E-state index contributed by atoms with van der Waals surface area (Å²) < 4.78 is 0. The van der Waals surface area contributed by atoms with Gasteiger partial charge in [0.25, 0.3) is 0 Å². The van der Waals surface area contributed by atoms with Crippen molar-refractivity contribution in [1.82, 2.24) is 5.32 Å². The Kier molecular flexibility index (Phi) is 6.21. The van der Waals surface area contributed by atoms with Crippen molar-refractivity contribution in [3.05, 3.63) is 40.5 Å². The van der Waals surface area contributed by atoms with Crippen LogP contribution < -0.4 is 10.6 Å². The summed E-state index contributed by atoms with van der Waals surface area (Å²) in [5.41, 5.74) is 7.64. The van der Waals surface area contributed by atoms with E-state index in [1.54, 1.807) is 0 Å². The average Bonchev–Trinajstić information content (AvgIpc) is 2.40. The second-order valence-electron chi connectivity index (χ2n) is 5.30. The number of hydrogen-bond acceptors (Lipinski definition) is 1. The lowest BCUT2D eigenvalue weighted by atomic mass is 9.94. The lowest BCUT2D eigenvalue weighted by molar-refractivity contribution is 0.994. The minimum atomic E-state index is 0.667. The lowest BCUT2D eigenvalue weighted by Gasteiger charge is -2.20. The van der Waals surface area contributed by atoms with Crippen molar-refractivity contribution >= 4 is 23.0 Å². The lowest BCUT2D eigenvalue weighted by Crippen LogP contribution is -2.30.